The minimum Gasteiger partial charge on any atom is -0.481 e. The maximum atomic E-state index is 10.5. The molecule has 0 aromatic carbocycles. The second kappa shape index (κ2) is 6.09. The second-order valence-corrected chi connectivity index (χ2v) is 4.05. The third kappa shape index (κ3) is 4.77. The van der Waals surface area contributed by atoms with Crippen LogP contribution in [-0.2, 0) is 4.79 Å². The van der Waals surface area contributed by atoms with Crippen LogP contribution in [0.15, 0.2) is 5.10 Å². The predicted molar refractivity (Wildman–Crippen MR) is 59.0 cm³/mol. The van der Waals surface area contributed by atoms with E-state index in [1.165, 1.54) is 0 Å². The Morgan fingerprint density at radius 2 is 2.31 bits per heavy atom. The monoisotopic (exact) mass is 227 g/mol. The average molecular weight is 227 g/mol. The Kier molecular flexibility index (Phi) is 4.75. The van der Waals surface area contributed by atoms with E-state index in [2.05, 4.69) is 10.5 Å². The molecule has 6 nitrogen and oxygen atoms in total. The molecule has 2 amide bonds. The summed E-state index contributed by atoms with van der Waals surface area (Å²) in [6, 6.07) is -0.667. The van der Waals surface area contributed by atoms with E-state index < -0.39 is 12.0 Å². The molecular formula is C10H17N3O3. The highest BCUT2D eigenvalue weighted by Crippen LogP contribution is 2.25. The molecule has 0 bridgehead atoms. The van der Waals surface area contributed by atoms with E-state index in [-0.39, 0.29) is 6.42 Å². The molecule has 4 N–H and O–H groups in total. The molecule has 1 fully saturated rings. The number of carbonyl (C=O) groups is 2. The van der Waals surface area contributed by atoms with Crippen LogP contribution in [0.2, 0.25) is 0 Å². The smallest absolute Gasteiger partial charge is 0.332 e. The summed E-state index contributed by atoms with van der Waals surface area (Å²) in [5.41, 5.74) is 8.02. The third-order valence-corrected chi connectivity index (χ3v) is 2.69. The van der Waals surface area contributed by atoms with Gasteiger partial charge in [-0.25, -0.2) is 10.2 Å². The number of rotatable bonds is 4. The number of nitrogens with one attached hydrogen (secondary N) is 1. The zero-order valence-corrected chi connectivity index (χ0v) is 9.11. The van der Waals surface area contributed by atoms with Crippen LogP contribution in [-0.4, -0.2) is 22.8 Å². The van der Waals surface area contributed by atoms with E-state index in [0.717, 1.165) is 31.4 Å². The van der Waals surface area contributed by atoms with E-state index in [1.807, 2.05) is 0 Å². The van der Waals surface area contributed by atoms with E-state index in [0.29, 0.717) is 12.3 Å². The fourth-order valence-corrected chi connectivity index (χ4v) is 1.94. The number of carbonyl (C=O) groups excluding carboxylic acids is 1. The summed E-state index contributed by atoms with van der Waals surface area (Å²) in [5, 5.41) is 12.5. The van der Waals surface area contributed by atoms with Crippen molar-refractivity contribution in [3.05, 3.63) is 0 Å². The van der Waals surface area contributed by atoms with Crippen molar-refractivity contribution in [3.8, 4) is 0 Å². The number of hydrogen-bond donors (Lipinski definition) is 3. The number of nitrogens with two attached hydrogens (primary N) is 1. The first-order valence-corrected chi connectivity index (χ1v) is 5.40. The molecule has 16 heavy (non-hydrogen) atoms. The highest BCUT2D eigenvalue weighted by atomic mass is 16.4. The quantitative estimate of drug-likeness (QED) is 0.625. The minimum atomic E-state index is -0.765. The lowest BCUT2D eigenvalue weighted by Crippen LogP contribution is -2.27. The van der Waals surface area contributed by atoms with Gasteiger partial charge in [0.1, 0.15) is 0 Å². The number of carboxylic acids is 1. The van der Waals surface area contributed by atoms with Gasteiger partial charge in [0.2, 0.25) is 0 Å². The molecule has 1 aliphatic rings. The van der Waals surface area contributed by atoms with Crippen LogP contribution in [0.4, 0.5) is 4.79 Å². The number of hydrogen-bond acceptors (Lipinski definition) is 3. The van der Waals surface area contributed by atoms with Gasteiger partial charge >= 0.3 is 12.0 Å². The van der Waals surface area contributed by atoms with Crippen molar-refractivity contribution in [3.63, 3.8) is 0 Å². The second-order valence-electron chi connectivity index (χ2n) is 4.05. The van der Waals surface area contributed by atoms with E-state index >= 15 is 0 Å². The highest BCUT2D eigenvalue weighted by molar-refractivity contribution is 5.86. The molecule has 90 valence electrons. The topological polar surface area (TPSA) is 105 Å². The molecule has 1 aliphatic carbocycles. The highest BCUT2D eigenvalue weighted by Gasteiger charge is 2.19. The zero-order valence-electron chi connectivity index (χ0n) is 9.11. The number of nitrogens with zero attached hydrogens (tertiary/aromatic N) is 1. The van der Waals surface area contributed by atoms with E-state index in [1.54, 1.807) is 0 Å². The van der Waals surface area contributed by atoms with Gasteiger partial charge in [-0.05, 0) is 38.0 Å². The van der Waals surface area contributed by atoms with Gasteiger partial charge in [0.25, 0.3) is 0 Å². The molecule has 0 heterocycles. The number of amides is 2. The Morgan fingerprint density at radius 3 is 2.94 bits per heavy atom. The minimum absolute atomic E-state index is 0.196. The molecular weight excluding hydrogens is 210 g/mol. The Hall–Kier alpha value is -1.59. The van der Waals surface area contributed by atoms with Crippen LogP contribution in [0, 0.1) is 5.92 Å². The Balaban J connectivity index is 2.37. The summed E-state index contributed by atoms with van der Waals surface area (Å²) in [6.45, 7) is 0. The van der Waals surface area contributed by atoms with Crippen LogP contribution in [0.3, 0.4) is 0 Å². The van der Waals surface area contributed by atoms with Crippen LogP contribution >= 0.6 is 0 Å². The fourth-order valence-electron chi connectivity index (χ4n) is 1.94. The number of primary amides is 1. The van der Waals surface area contributed by atoms with Crippen LogP contribution in [0.1, 0.15) is 38.5 Å². The van der Waals surface area contributed by atoms with Gasteiger partial charge < -0.3 is 10.8 Å². The first-order valence-electron chi connectivity index (χ1n) is 5.40. The average Bonchev–Trinajstić information content (AvgIpc) is 2.24. The van der Waals surface area contributed by atoms with Gasteiger partial charge in [0, 0.05) is 12.1 Å². The summed E-state index contributed by atoms with van der Waals surface area (Å²) < 4.78 is 0. The van der Waals surface area contributed by atoms with E-state index in [4.69, 9.17) is 10.8 Å². The van der Waals surface area contributed by atoms with Gasteiger partial charge in [0.05, 0.1) is 0 Å². The molecule has 1 saturated carbocycles. The molecule has 0 aliphatic heterocycles. The van der Waals surface area contributed by atoms with Gasteiger partial charge in [-0.2, -0.15) is 5.10 Å². The number of urea groups is 1. The van der Waals surface area contributed by atoms with Crippen molar-refractivity contribution in [1.82, 2.24) is 5.43 Å². The standard InChI is InChI=1S/C10H17N3O3/c11-10(16)13-12-8-3-1-2-7(6-8)4-5-9(14)15/h7H,1-6H2,(H,14,15)(H3,11,13,16)/b12-8+. The molecule has 0 aromatic rings. The zero-order chi connectivity index (χ0) is 12.0. The Labute approximate surface area is 93.9 Å². The van der Waals surface area contributed by atoms with Crippen molar-refractivity contribution in [2.75, 3.05) is 0 Å². The summed E-state index contributed by atoms with van der Waals surface area (Å²) >= 11 is 0. The van der Waals surface area contributed by atoms with Crippen molar-refractivity contribution in [2.24, 2.45) is 16.8 Å². The van der Waals surface area contributed by atoms with Gasteiger partial charge in [0.15, 0.2) is 0 Å². The van der Waals surface area contributed by atoms with Crippen molar-refractivity contribution < 1.29 is 14.7 Å². The maximum Gasteiger partial charge on any atom is 0.332 e. The lowest BCUT2D eigenvalue weighted by molar-refractivity contribution is -0.137. The first kappa shape index (κ1) is 12.5. The fraction of sp³-hybridized carbons (Fsp3) is 0.700. The van der Waals surface area contributed by atoms with Crippen molar-refractivity contribution in [1.29, 1.82) is 0 Å². The number of aliphatic carboxylic acids is 1. The first-order chi connectivity index (χ1) is 7.58. The molecule has 1 unspecified atom stereocenters. The molecule has 0 aromatic heterocycles. The molecule has 1 atom stereocenters. The number of carboxylic acid groups (broad SMARTS) is 1. The normalized spacial score (nSPS) is 23.0. The lowest BCUT2D eigenvalue weighted by atomic mass is 9.85. The van der Waals surface area contributed by atoms with E-state index in [9.17, 15) is 9.59 Å². The molecule has 0 radical (unpaired) electrons. The number of hydrazone groups is 1. The van der Waals surface area contributed by atoms with Crippen LogP contribution in [0.5, 0.6) is 0 Å². The molecule has 1 rings (SSSR count). The molecule has 0 spiro atoms. The summed E-state index contributed by atoms with van der Waals surface area (Å²) in [4.78, 5) is 20.9. The molecule has 6 heteroatoms. The lowest BCUT2D eigenvalue weighted by Gasteiger charge is -2.22. The summed E-state index contributed by atoms with van der Waals surface area (Å²) in [5.74, 6) is -0.405. The SMILES string of the molecule is NC(=O)N/N=C1\CCCC(CCC(=O)O)C1. The summed E-state index contributed by atoms with van der Waals surface area (Å²) in [6.07, 6.45) is 4.50. The van der Waals surface area contributed by atoms with Gasteiger partial charge in [-0.1, -0.05) is 0 Å². The Bertz CT molecular complexity index is 302. The van der Waals surface area contributed by atoms with Crippen molar-refractivity contribution in [2.45, 2.75) is 38.5 Å². The van der Waals surface area contributed by atoms with Crippen molar-refractivity contribution >= 4 is 17.7 Å². The largest absolute Gasteiger partial charge is 0.481 e. The third-order valence-electron chi connectivity index (χ3n) is 2.69. The predicted octanol–water partition coefficient (Wildman–Crippen LogP) is 1.07. The Morgan fingerprint density at radius 1 is 1.56 bits per heavy atom. The van der Waals surface area contributed by atoms with Crippen LogP contribution in [0.25, 0.3) is 0 Å². The van der Waals surface area contributed by atoms with Crippen LogP contribution < -0.4 is 11.2 Å². The van der Waals surface area contributed by atoms with Gasteiger partial charge in [-0.15, -0.1) is 0 Å². The summed E-state index contributed by atoms with van der Waals surface area (Å²) in [7, 11) is 0. The maximum absolute atomic E-state index is 10.5. The molecule has 0 saturated heterocycles. The van der Waals surface area contributed by atoms with Gasteiger partial charge in [-0.3, -0.25) is 4.79 Å².